The van der Waals surface area contributed by atoms with E-state index in [9.17, 15) is 22.4 Å². The molecular formula is C15H10F4O. The lowest BCUT2D eigenvalue weighted by molar-refractivity contribution is -0.137. The molecule has 20 heavy (non-hydrogen) atoms. The Morgan fingerprint density at radius 2 is 1.65 bits per heavy atom. The summed E-state index contributed by atoms with van der Waals surface area (Å²) in [7, 11) is 0. The molecule has 0 aliphatic rings. The lowest BCUT2D eigenvalue weighted by Crippen LogP contribution is -2.07. The highest BCUT2D eigenvalue weighted by atomic mass is 19.4. The number of carbonyl (C=O) groups is 1. The van der Waals surface area contributed by atoms with Crippen molar-refractivity contribution in [2.45, 2.75) is 13.1 Å². The van der Waals surface area contributed by atoms with E-state index in [1.165, 1.54) is 31.2 Å². The second-order valence-electron chi connectivity index (χ2n) is 4.29. The van der Waals surface area contributed by atoms with Gasteiger partial charge in [-0.3, -0.25) is 4.79 Å². The monoisotopic (exact) mass is 282 g/mol. The first-order valence-electron chi connectivity index (χ1n) is 5.78. The highest BCUT2D eigenvalue weighted by Crippen LogP contribution is 2.38. The molecule has 0 saturated heterocycles. The van der Waals surface area contributed by atoms with Gasteiger partial charge in [-0.15, -0.1) is 0 Å². The number of carbonyl (C=O) groups excluding carboxylic acids is 1. The lowest BCUT2D eigenvalue weighted by atomic mass is 9.96. The molecule has 2 aromatic carbocycles. The second-order valence-corrected chi connectivity index (χ2v) is 4.29. The molecular weight excluding hydrogens is 272 g/mol. The molecule has 0 bridgehead atoms. The van der Waals surface area contributed by atoms with Crippen LogP contribution in [0.4, 0.5) is 17.6 Å². The van der Waals surface area contributed by atoms with Gasteiger partial charge in [-0.25, -0.2) is 4.39 Å². The first kappa shape index (κ1) is 14.2. The summed E-state index contributed by atoms with van der Waals surface area (Å²) >= 11 is 0. The Bertz CT molecular complexity index is 659. The van der Waals surface area contributed by atoms with Gasteiger partial charge in [0.2, 0.25) is 0 Å². The van der Waals surface area contributed by atoms with Crippen LogP contribution < -0.4 is 0 Å². The van der Waals surface area contributed by atoms with Gasteiger partial charge in [0.1, 0.15) is 5.82 Å². The van der Waals surface area contributed by atoms with Crippen LogP contribution in [0.5, 0.6) is 0 Å². The Morgan fingerprint density at radius 3 is 2.25 bits per heavy atom. The molecule has 0 spiro atoms. The van der Waals surface area contributed by atoms with Crippen molar-refractivity contribution in [2.75, 3.05) is 0 Å². The third-order valence-corrected chi connectivity index (χ3v) is 2.90. The van der Waals surface area contributed by atoms with Crippen molar-refractivity contribution in [3.8, 4) is 11.1 Å². The van der Waals surface area contributed by atoms with E-state index in [-0.39, 0.29) is 22.5 Å². The number of Topliss-reactive ketones (excluding diaryl/α,β-unsaturated/α-hetero) is 1. The van der Waals surface area contributed by atoms with Crippen molar-refractivity contribution in [1.29, 1.82) is 0 Å². The normalized spacial score (nSPS) is 11.4. The van der Waals surface area contributed by atoms with Crippen molar-refractivity contribution >= 4 is 5.78 Å². The molecule has 104 valence electrons. The van der Waals surface area contributed by atoms with E-state index in [0.717, 1.165) is 18.2 Å². The fourth-order valence-corrected chi connectivity index (χ4v) is 1.92. The van der Waals surface area contributed by atoms with Crippen molar-refractivity contribution in [3.63, 3.8) is 0 Å². The number of hydrogen-bond acceptors (Lipinski definition) is 1. The molecule has 0 radical (unpaired) electrons. The van der Waals surface area contributed by atoms with Crippen LogP contribution in [-0.4, -0.2) is 5.78 Å². The average molecular weight is 282 g/mol. The van der Waals surface area contributed by atoms with Gasteiger partial charge < -0.3 is 0 Å². The van der Waals surface area contributed by atoms with Crippen LogP contribution in [0.15, 0.2) is 42.5 Å². The number of rotatable bonds is 2. The molecule has 0 N–H and O–H groups in total. The lowest BCUT2D eigenvalue weighted by Gasteiger charge is -2.13. The zero-order chi connectivity index (χ0) is 14.9. The third-order valence-electron chi connectivity index (χ3n) is 2.90. The summed E-state index contributed by atoms with van der Waals surface area (Å²) < 4.78 is 52.6. The SMILES string of the molecule is CC(=O)c1ccc(F)c(-c2ccccc2C(F)(F)F)c1. The van der Waals surface area contributed by atoms with Crippen molar-refractivity contribution < 1.29 is 22.4 Å². The van der Waals surface area contributed by atoms with Gasteiger partial charge in [-0.1, -0.05) is 18.2 Å². The zero-order valence-corrected chi connectivity index (χ0v) is 10.5. The maximum absolute atomic E-state index is 13.8. The quantitative estimate of drug-likeness (QED) is 0.575. The van der Waals surface area contributed by atoms with Gasteiger partial charge in [0, 0.05) is 11.1 Å². The fraction of sp³-hybridized carbons (Fsp3) is 0.133. The summed E-state index contributed by atoms with van der Waals surface area (Å²) in [6, 6.07) is 8.09. The molecule has 0 heterocycles. The number of benzene rings is 2. The Morgan fingerprint density at radius 1 is 1.00 bits per heavy atom. The molecule has 0 aromatic heterocycles. The molecule has 0 aliphatic heterocycles. The predicted molar refractivity (Wildman–Crippen MR) is 66.8 cm³/mol. The smallest absolute Gasteiger partial charge is 0.295 e. The maximum Gasteiger partial charge on any atom is 0.417 e. The summed E-state index contributed by atoms with van der Waals surface area (Å²) in [5.74, 6) is -1.14. The highest BCUT2D eigenvalue weighted by molar-refractivity contribution is 5.95. The molecule has 1 nitrogen and oxygen atoms in total. The molecule has 0 amide bonds. The Hall–Kier alpha value is -2.17. The number of ketones is 1. The van der Waals surface area contributed by atoms with Gasteiger partial charge >= 0.3 is 6.18 Å². The summed E-state index contributed by atoms with van der Waals surface area (Å²) in [5.41, 5.74) is -1.27. The van der Waals surface area contributed by atoms with Crippen molar-refractivity contribution in [1.82, 2.24) is 0 Å². The van der Waals surface area contributed by atoms with Crippen LogP contribution in [-0.2, 0) is 6.18 Å². The third kappa shape index (κ3) is 2.71. The molecule has 0 unspecified atom stereocenters. The minimum Gasteiger partial charge on any atom is -0.295 e. The van der Waals surface area contributed by atoms with E-state index >= 15 is 0 Å². The van der Waals surface area contributed by atoms with Crippen LogP contribution in [0.1, 0.15) is 22.8 Å². The van der Waals surface area contributed by atoms with Crippen LogP contribution in [0.2, 0.25) is 0 Å². The average Bonchev–Trinajstić information content (AvgIpc) is 2.38. The standard InChI is InChI=1S/C15H10F4O/c1-9(20)10-6-7-14(16)12(8-10)11-4-2-3-5-13(11)15(17,18)19/h2-8H,1H3. The summed E-state index contributed by atoms with van der Waals surface area (Å²) in [6.45, 7) is 1.27. The number of alkyl halides is 3. The van der Waals surface area contributed by atoms with Crippen LogP contribution in [0, 0.1) is 5.82 Å². The molecule has 0 atom stereocenters. The van der Waals surface area contributed by atoms with Crippen molar-refractivity contribution in [2.24, 2.45) is 0 Å². The van der Waals surface area contributed by atoms with Crippen LogP contribution >= 0.6 is 0 Å². The first-order valence-corrected chi connectivity index (χ1v) is 5.78. The molecule has 2 rings (SSSR count). The van der Waals surface area contributed by atoms with Gasteiger partial charge in [-0.2, -0.15) is 13.2 Å². The molecule has 0 saturated carbocycles. The zero-order valence-electron chi connectivity index (χ0n) is 10.5. The first-order chi connectivity index (χ1) is 9.30. The summed E-state index contributed by atoms with van der Waals surface area (Å²) in [5, 5.41) is 0. The largest absolute Gasteiger partial charge is 0.417 e. The molecule has 2 aromatic rings. The van der Waals surface area contributed by atoms with Gasteiger partial charge in [0.05, 0.1) is 5.56 Å². The van der Waals surface area contributed by atoms with Crippen LogP contribution in [0.25, 0.3) is 11.1 Å². The summed E-state index contributed by atoms with van der Waals surface area (Å²) in [4.78, 5) is 11.3. The Balaban J connectivity index is 2.69. The maximum atomic E-state index is 13.8. The van der Waals surface area contributed by atoms with E-state index in [4.69, 9.17) is 0 Å². The summed E-state index contributed by atoms with van der Waals surface area (Å²) in [6.07, 6.45) is -4.59. The van der Waals surface area contributed by atoms with Crippen molar-refractivity contribution in [3.05, 3.63) is 59.4 Å². The van der Waals surface area contributed by atoms with E-state index in [2.05, 4.69) is 0 Å². The minimum absolute atomic E-state index is 0.165. The van der Waals surface area contributed by atoms with E-state index < -0.39 is 17.6 Å². The van der Waals surface area contributed by atoms with Crippen LogP contribution in [0.3, 0.4) is 0 Å². The second kappa shape index (κ2) is 5.07. The predicted octanol–water partition coefficient (Wildman–Crippen LogP) is 4.71. The van der Waals surface area contributed by atoms with Gasteiger partial charge in [0.25, 0.3) is 0 Å². The topological polar surface area (TPSA) is 17.1 Å². The molecule has 5 heteroatoms. The highest BCUT2D eigenvalue weighted by Gasteiger charge is 2.33. The van der Waals surface area contributed by atoms with Gasteiger partial charge in [-0.05, 0) is 36.8 Å². The van der Waals surface area contributed by atoms with E-state index in [1.807, 2.05) is 0 Å². The van der Waals surface area contributed by atoms with E-state index in [1.54, 1.807) is 0 Å². The molecule has 0 aliphatic carbocycles. The Kier molecular flexibility index (Phi) is 3.61. The van der Waals surface area contributed by atoms with E-state index in [0.29, 0.717) is 0 Å². The fourth-order valence-electron chi connectivity index (χ4n) is 1.92. The minimum atomic E-state index is -4.59. The number of halogens is 4. The molecule has 0 fully saturated rings. The Labute approximate surface area is 112 Å². The van der Waals surface area contributed by atoms with Gasteiger partial charge in [0.15, 0.2) is 5.78 Å². The number of hydrogen-bond donors (Lipinski definition) is 0.